The standard InChI is InChI=1S/C4H5NO5/c6-1-2(7)3(8)4(9)5-10/h1-3,7-8H/t2-,3+/m0/s1. The zero-order chi connectivity index (χ0) is 8.15. The van der Waals surface area contributed by atoms with Crippen LogP contribution >= 0.6 is 0 Å². The molecule has 0 aromatic heterocycles. The maximum Gasteiger partial charge on any atom is 0.317 e. The van der Waals surface area contributed by atoms with E-state index in [2.05, 4.69) is 0 Å². The maximum atomic E-state index is 10.1. The Morgan fingerprint density at radius 3 is 2.30 bits per heavy atom. The van der Waals surface area contributed by atoms with Crippen molar-refractivity contribution in [2.45, 2.75) is 12.2 Å². The van der Waals surface area contributed by atoms with Gasteiger partial charge in [0.25, 0.3) is 0 Å². The van der Waals surface area contributed by atoms with Crippen molar-refractivity contribution in [3.63, 3.8) is 0 Å². The predicted molar refractivity (Wildman–Crippen MR) is 28.9 cm³/mol. The Labute approximate surface area is 55.4 Å². The summed E-state index contributed by atoms with van der Waals surface area (Å²) in [7, 11) is 0. The third kappa shape index (κ3) is 2.00. The largest absolute Gasteiger partial charge is 0.382 e. The lowest BCUT2D eigenvalue weighted by atomic mass is 10.2. The summed E-state index contributed by atoms with van der Waals surface area (Å²) >= 11 is 0. The fourth-order valence-electron chi connectivity index (χ4n) is 0.274. The second-order valence-corrected chi connectivity index (χ2v) is 1.50. The Hall–Kier alpha value is -1.14. The lowest BCUT2D eigenvalue weighted by molar-refractivity contribution is -0.136. The minimum atomic E-state index is -2.03. The Bertz CT molecular complexity index is 156. The molecular formula is C4H5NO5. The molecule has 0 saturated heterocycles. The second kappa shape index (κ2) is 3.80. The van der Waals surface area contributed by atoms with Crippen LogP contribution in [0.1, 0.15) is 0 Å². The van der Waals surface area contributed by atoms with Gasteiger partial charge in [-0.25, -0.2) is 0 Å². The summed E-state index contributed by atoms with van der Waals surface area (Å²) in [5, 5.41) is 18.7. The highest BCUT2D eigenvalue weighted by molar-refractivity contribution is 5.85. The lowest BCUT2D eigenvalue weighted by Gasteiger charge is -2.04. The smallest absolute Gasteiger partial charge is 0.317 e. The van der Waals surface area contributed by atoms with Gasteiger partial charge in [0.15, 0.2) is 12.4 Å². The molecule has 1 amide bonds. The zero-order valence-electron chi connectivity index (χ0n) is 4.80. The molecule has 0 radical (unpaired) electrons. The van der Waals surface area contributed by atoms with Crippen LogP contribution in [0.2, 0.25) is 0 Å². The zero-order valence-corrected chi connectivity index (χ0v) is 4.80. The fraction of sp³-hybridized carbons (Fsp3) is 0.500. The van der Waals surface area contributed by atoms with Crippen molar-refractivity contribution in [3.8, 4) is 0 Å². The first-order valence-corrected chi connectivity index (χ1v) is 2.32. The van der Waals surface area contributed by atoms with E-state index >= 15 is 0 Å². The molecule has 0 unspecified atom stereocenters. The van der Waals surface area contributed by atoms with Gasteiger partial charge in [0, 0.05) is 5.18 Å². The van der Waals surface area contributed by atoms with Crippen molar-refractivity contribution in [1.29, 1.82) is 0 Å². The van der Waals surface area contributed by atoms with Crippen LogP contribution in [0, 0.1) is 4.91 Å². The van der Waals surface area contributed by atoms with Crippen LogP contribution in [0.15, 0.2) is 5.18 Å². The number of aliphatic hydroxyl groups excluding tert-OH is 2. The number of carbonyl (C=O) groups is 2. The number of amides is 1. The molecule has 2 N–H and O–H groups in total. The molecule has 6 heteroatoms. The van der Waals surface area contributed by atoms with Gasteiger partial charge in [0.05, 0.1) is 0 Å². The van der Waals surface area contributed by atoms with Crippen molar-refractivity contribution < 1.29 is 19.8 Å². The summed E-state index contributed by atoms with van der Waals surface area (Å²) in [5.74, 6) is -1.46. The monoisotopic (exact) mass is 147 g/mol. The van der Waals surface area contributed by atoms with Crippen molar-refractivity contribution in [2.75, 3.05) is 0 Å². The third-order valence-corrected chi connectivity index (χ3v) is 0.806. The molecular weight excluding hydrogens is 142 g/mol. The average Bonchev–Trinajstić information content (AvgIpc) is 2.00. The van der Waals surface area contributed by atoms with Crippen LogP contribution < -0.4 is 0 Å². The van der Waals surface area contributed by atoms with E-state index in [1.165, 1.54) is 0 Å². The topological polar surface area (TPSA) is 104 Å². The van der Waals surface area contributed by atoms with Crippen LogP contribution in [-0.4, -0.2) is 34.6 Å². The van der Waals surface area contributed by atoms with E-state index in [1.54, 1.807) is 5.18 Å². The highest BCUT2D eigenvalue weighted by Gasteiger charge is 2.23. The molecule has 10 heavy (non-hydrogen) atoms. The van der Waals surface area contributed by atoms with Gasteiger partial charge in [-0.15, -0.1) is 4.91 Å². The van der Waals surface area contributed by atoms with Crippen LogP contribution in [0.25, 0.3) is 0 Å². The molecule has 0 aromatic carbocycles. The van der Waals surface area contributed by atoms with Gasteiger partial charge in [0.1, 0.15) is 6.10 Å². The Morgan fingerprint density at radius 2 is 2.00 bits per heavy atom. The van der Waals surface area contributed by atoms with Gasteiger partial charge >= 0.3 is 5.91 Å². The Kier molecular flexibility index (Phi) is 3.37. The SMILES string of the molecule is O=C[C@H](O)[C@@H](O)C(=O)N=O. The van der Waals surface area contributed by atoms with E-state index in [-0.39, 0.29) is 6.29 Å². The summed E-state index contributed by atoms with van der Waals surface area (Å²) in [6.45, 7) is 0. The van der Waals surface area contributed by atoms with E-state index in [9.17, 15) is 14.5 Å². The van der Waals surface area contributed by atoms with Gasteiger partial charge in [0.2, 0.25) is 0 Å². The number of carbonyl (C=O) groups excluding carboxylic acids is 2. The molecule has 0 fully saturated rings. The van der Waals surface area contributed by atoms with Crippen molar-refractivity contribution in [1.82, 2.24) is 0 Å². The molecule has 56 valence electrons. The highest BCUT2D eigenvalue weighted by Crippen LogP contribution is 1.92. The summed E-state index contributed by atoms with van der Waals surface area (Å²) in [6, 6.07) is 0. The number of hydrogen-bond acceptors (Lipinski definition) is 5. The predicted octanol–water partition coefficient (Wildman–Crippen LogP) is -1.80. The van der Waals surface area contributed by atoms with Crippen LogP contribution in [0.3, 0.4) is 0 Å². The van der Waals surface area contributed by atoms with Gasteiger partial charge in [-0.05, 0) is 0 Å². The number of rotatable bonds is 3. The normalized spacial score (nSPS) is 15.4. The van der Waals surface area contributed by atoms with E-state index in [1.807, 2.05) is 0 Å². The van der Waals surface area contributed by atoms with E-state index in [0.717, 1.165) is 0 Å². The molecule has 0 rings (SSSR count). The number of aldehydes is 1. The lowest BCUT2D eigenvalue weighted by Crippen LogP contribution is -2.33. The Morgan fingerprint density at radius 1 is 1.50 bits per heavy atom. The highest BCUT2D eigenvalue weighted by atomic mass is 16.4. The van der Waals surface area contributed by atoms with Gasteiger partial charge in [-0.3, -0.25) is 4.79 Å². The number of nitroso groups, excluding NO2 is 1. The molecule has 2 atom stereocenters. The maximum absolute atomic E-state index is 10.1. The van der Waals surface area contributed by atoms with Crippen molar-refractivity contribution >= 4 is 12.2 Å². The van der Waals surface area contributed by atoms with E-state index in [4.69, 9.17) is 10.2 Å². The van der Waals surface area contributed by atoms with Crippen molar-refractivity contribution in [2.24, 2.45) is 5.18 Å². The molecule has 0 bridgehead atoms. The fourth-order valence-corrected chi connectivity index (χ4v) is 0.274. The van der Waals surface area contributed by atoms with Crippen LogP contribution in [-0.2, 0) is 9.59 Å². The second-order valence-electron chi connectivity index (χ2n) is 1.50. The Balaban J connectivity index is 4.05. The van der Waals surface area contributed by atoms with Gasteiger partial charge in [-0.2, -0.15) is 0 Å². The first kappa shape index (κ1) is 8.86. The minimum absolute atomic E-state index is 0.0618. The van der Waals surface area contributed by atoms with Gasteiger partial charge < -0.3 is 15.0 Å². The summed E-state index contributed by atoms with van der Waals surface area (Å²) < 4.78 is 0. The minimum Gasteiger partial charge on any atom is -0.382 e. The molecule has 0 aromatic rings. The first-order valence-electron chi connectivity index (χ1n) is 2.32. The third-order valence-electron chi connectivity index (χ3n) is 0.806. The average molecular weight is 147 g/mol. The molecule has 0 heterocycles. The summed E-state index contributed by atoms with van der Waals surface area (Å²) in [5.41, 5.74) is 0. The van der Waals surface area contributed by atoms with E-state index in [0.29, 0.717) is 0 Å². The molecule has 0 aliphatic carbocycles. The van der Waals surface area contributed by atoms with Crippen molar-refractivity contribution in [3.05, 3.63) is 4.91 Å². The summed E-state index contributed by atoms with van der Waals surface area (Å²) in [6.07, 6.45) is -3.96. The van der Waals surface area contributed by atoms with Crippen LogP contribution in [0.4, 0.5) is 0 Å². The molecule has 0 saturated carbocycles. The first-order chi connectivity index (χ1) is 4.63. The molecule has 0 aliphatic rings. The number of hydrogen-bond donors (Lipinski definition) is 2. The molecule has 6 nitrogen and oxygen atoms in total. The molecule has 0 spiro atoms. The number of nitrogens with zero attached hydrogens (tertiary/aromatic N) is 1. The van der Waals surface area contributed by atoms with E-state index < -0.39 is 18.1 Å². The number of aliphatic hydroxyl groups is 2. The van der Waals surface area contributed by atoms with Gasteiger partial charge in [-0.1, -0.05) is 0 Å². The summed E-state index contributed by atoms with van der Waals surface area (Å²) in [4.78, 5) is 29.1. The quantitative estimate of drug-likeness (QED) is 0.362. The molecule has 0 aliphatic heterocycles. The van der Waals surface area contributed by atoms with Crippen LogP contribution in [0.5, 0.6) is 0 Å².